The second-order valence-corrected chi connectivity index (χ2v) is 7.71. The fourth-order valence-electron chi connectivity index (χ4n) is 3.85. The van der Waals surface area contributed by atoms with E-state index in [1.165, 1.54) is 35.9 Å². The summed E-state index contributed by atoms with van der Waals surface area (Å²) in [5, 5.41) is 8.07. The maximum atomic E-state index is 11.3. The normalized spacial score (nSPS) is 11.1. The number of carbonyl (C=O) groups is 2. The van der Waals surface area contributed by atoms with Gasteiger partial charge in [-0.05, 0) is 59.4 Å². The van der Waals surface area contributed by atoms with E-state index in [4.69, 9.17) is 0 Å². The van der Waals surface area contributed by atoms with Crippen molar-refractivity contribution in [3.8, 4) is 0 Å². The van der Waals surface area contributed by atoms with Gasteiger partial charge in [-0.1, -0.05) is 12.1 Å². The van der Waals surface area contributed by atoms with Crippen molar-refractivity contribution in [2.24, 2.45) is 0 Å². The standard InChI is InChI=1S/C24H26N4O2/c1-15(29)25-8-7-19-12-27-23-5-3-17(10-21(19)23)9-18-4-6-24-22(11-18)20(14-28-24)13-26-16(2)30/h3-6,10-12,14,27-28H,7-9,13H2,1-2H3,(H,25,29)(H,26,30). The van der Waals surface area contributed by atoms with Crippen molar-refractivity contribution in [1.29, 1.82) is 0 Å². The lowest BCUT2D eigenvalue weighted by atomic mass is 10.00. The third-order valence-corrected chi connectivity index (χ3v) is 5.37. The molecule has 4 aromatic rings. The Bertz CT molecular complexity index is 1220. The Kier molecular flexibility index (Phi) is 5.57. The molecule has 0 aliphatic carbocycles. The predicted octanol–water partition coefficient (Wildman–Crippen LogP) is 3.55. The van der Waals surface area contributed by atoms with Crippen LogP contribution in [0.1, 0.15) is 36.1 Å². The van der Waals surface area contributed by atoms with Gasteiger partial charge in [0.05, 0.1) is 0 Å². The number of aromatic amines is 2. The van der Waals surface area contributed by atoms with Crippen LogP contribution in [0.4, 0.5) is 0 Å². The Morgan fingerprint density at radius 1 is 0.800 bits per heavy atom. The molecule has 0 unspecified atom stereocenters. The van der Waals surface area contributed by atoms with Gasteiger partial charge in [-0.2, -0.15) is 0 Å². The van der Waals surface area contributed by atoms with Gasteiger partial charge < -0.3 is 20.6 Å². The molecule has 2 amide bonds. The van der Waals surface area contributed by atoms with Crippen LogP contribution >= 0.6 is 0 Å². The van der Waals surface area contributed by atoms with Crippen molar-refractivity contribution in [3.05, 3.63) is 71.0 Å². The first-order chi connectivity index (χ1) is 14.5. The Labute approximate surface area is 175 Å². The first-order valence-corrected chi connectivity index (χ1v) is 10.2. The molecular formula is C24H26N4O2. The highest BCUT2D eigenvalue weighted by Crippen LogP contribution is 2.24. The average Bonchev–Trinajstić information content (AvgIpc) is 3.30. The molecule has 6 heteroatoms. The van der Waals surface area contributed by atoms with E-state index < -0.39 is 0 Å². The number of benzene rings is 2. The molecule has 4 N–H and O–H groups in total. The lowest BCUT2D eigenvalue weighted by Crippen LogP contribution is -2.22. The number of hydrogen-bond donors (Lipinski definition) is 4. The lowest BCUT2D eigenvalue weighted by molar-refractivity contribution is -0.119. The van der Waals surface area contributed by atoms with Gasteiger partial charge in [0.1, 0.15) is 0 Å². The van der Waals surface area contributed by atoms with Crippen molar-refractivity contribution in [2.45, 2.75) is 33.2 Å². The van der Waals surface area contributed by atoms with Gasteiger partial charge in [-0.3, -0.25) is 9.59 Å². The quantitative estimate of drug-likeness (QED) is 0.381. The molecule has 30 heavy (non-hydrogen) atoms. The molecule has 0 fully saturated rings. The third-order valence-electron chi connectivity index (χ3n) is 5.37. The van der Waals surface area contributed by atoms with E-state index in [1.54, 1.807) is 0 Å². The van der Waals surface area contributed by atoms with Crippen LogP contribution in [-0.2, 0) is 29.0 Å². The van der Waals surface area contributed by atoms with Gasteiger partial charge in [0.25, 0.3) is 0 Å². The molecule has 0 saturated carbocycles. The number of hydrogen-bond acceptors (Lipinski definition) is 2. The molecule has 154 valence electrons. The van der Waals surface area contributed by atoms with Crippen molar-refractivity contribution in [1.82, 2.24) is 20.6 Å². The zero-order valence-corrected chi connectivity index (χ0v) is 17.3. The highest BCUT2D eigenvalue weighted by atomic mass is 16.2. The second-order valence-electron chi connectivity index (χ2n) is 7.71. The molecule has 2 aromatic heterocycles. The minimum Gasteiger partial charge on any atom is -0.361 e. The van der Waals surface area contributed by atoms with E-state index in [9.17, 15) is 9.59 Å². The molecule has 4 rings (SSSR count). The largest absolute Gasteiger partial charge is 0.361 e. The van der Waals surface area contributed by atoms with E-state index in [0.717, 1.165) is 34.8 Å². The first-order valence-electron chi connectivity index (χ1n) is 10.2. The van der Waals surface area contributed by atoms with E-state index in [1.807, 2.05) is 12.4 Å². The number of amides is 2. The fourth-order valence-corrected chi connectivity index (χ4v) is 3.85. The maximum absolute atomic E-state index is 11.3. The second kappa shape index (κ2) is 8.45. The SMILES string of the molecule is CC(=O)NCCc1c[nH]c2ccc(Cc3ccc4[nH]cc(CNC(C)=O)c4c3)cc12. The molecule has 0 radical (unpaired) electrons. The predicted molar refractivity (Wildman–Crippen MR) is 119 cm³/mol. The van der Waals surface area contributed by atoms with Crippen molar-refractivity contribution in [2.75, 3.05) is 6.54 Å². The molecular weight excluding hydrogens is 376 g/mol. The van der Waals surface area contributed by atoms with Crippen LogP contribution in [0.25, 0.3) is 21.8 Å². The van der Waals surface area contributed by atoms with Gasteiger partial charge in [0, 0.05) is 61.1 Å². The average molecular weight is 402 g/mol. The molecule has 0 aliphatic rings. The molecule has 0 atom stereocenters. The van der Waals surface area contributed by atoms with Crippen LogP contribution in [0.15, 0.2) is 48.8 Å². The van der Waals surface area contributed by atoms with E-state index in [0.29, 0.717) is 13.1 Å². The van der Waals surface area contributed by atoms with Gasteiger partial charge >= 0.3 is 0 Å². The molecule has 0 spiro atoms. The first kappa shape index (κ1) is 19.8. The topological polar surface area (TPSA) is 89.8 Å². The highest BCUT2D eigenvalue weighted by molar-refractivity contribution is 5.86. The number of carbonyl (C=O) groups excluding carboxylic acids is 2. The summed E-state index contributed by atoms with van der Waals surface area (Å²) in [6, 6.07) is 12.9. The molecule has 0 bridgehead atoms. The van der Waals surface area contributed by atoms with Gasteiger partial charge in [-0.15, -0.1) is 0 Å². The summed E-state index contributed by atoms with van der Waals surface area (Å²) in [6.45, 7) is 4.22. The Morgan fingerprint density at radius 3 is 1.97 bits per heavy atom. The maximum Gasteiger partial charge on any atom is 0.217 e. The Morgan fingerprint density at radius 2 is 1.37 bits per heavy atom. The molecule has 2 aromatic carbocycles. The molecule has 0 saturated heterocycles. The highest BCUT2D eigenvalue weighted by Gasteiger charge is 2.08. The van der Waals surface area contributed by atoms with Crippen LogP contribution in [0.2, 0.25) is 0 Å². The van der Waals surface area contributed by atoms with E-state index in [2.05, 4.69) is 57.0 Å². The van der Waals surface area contributed by atoms with Crippen molar-refractivity contribution in [3.63, 3.8) is 0 Å². The number of aromatic nitrogens is 2. The summed E-state index contributed by atoms with van der Waals surface area (Å²) in [4.78, 5) is 29.0. The minimum absolute atomic E-state index is 0.00597. The number of rotatable bonds is 7. The lowest BCUT2D eigenvalue weighted by Gasteiger charge is -2.06. The molecule has 6 nitrogen and oxygen atoms in total. The van der Waals surface area contributed by atoms with Gasteiger partial charge in [0.15, 0.2) is 0 Å². The van der Waals surface area contributed by atoms with Crippen LogP contribution in [0.5, 0.6) is 0 Å². The summed E-state index contributed by atoms with van der Waals surface area (Å²) in [5.74, 6) is -0.0387. The van der Waals surface area contributed by atoms with Crippen LogP contribution in [0.3, 0.4) is 0 Å². The summed E-state index contributed by atoms with van der Waals surface area (Å²) < 4.78 is 0. The summed E-state index contributed by atoms with van der Waals surface area (Å²) in [5.41, 5.74) is 6.93. The van der Waals surface area contributed by atoms with E-state index >= 15 is 0 Å². The smallest absolute Gasteiger partial charge is 0.217 e. The zero-order chi connectivity index (χ0) is 21.1. The molecule has 0 aliphatic heterocycles. The van der Waals surface area contributed by atoms with Crippen LogP contribution in [0, 0.1) is 0 Å². The summed E-state index contributed by atoms with van der Waals surface area (Å²) in [7, 11) is 0. The van der Waals surface area contributed by atoms with Gasteiger partial charge in [-0.25, -0.2) is 0 Å². The van der Waals surface area contributed by atoms with Crippen molar-refractivity contribution >= 4 is 33.6 Å². The van der Waals surface area contributed by atoms with Gasteiger partial charge in [0.2, 0.25) is 11.8 Å². The summed E-state index contributed by atoms with van der Waals surface area (Å²) >= 11 is 0. The molecule has 2 heterocycles. The number of fused-ring (bicyclic) bond motifs is 2. The van der Waals surface area contributed by atoms with Crippen molar-refractivity contribution < 1.29 is 9.59 Å². The Hall–Kier alpha value is -3.54. The zero-order valence-electron chi connectivity index (χ0n) is 17.3. The van der Waals surface area contributed by atoms with E-state index in [-0.39, 0.29) is 11.8 Å². The fraction of sp³-hybridized carbons (Fsp3) is 0.250. The monoisotopic (exact) mass is 402 g/mol. The van der Waals surface area contributed by atoms with Crippen LogP contribution in [-0.4, -0.2) is 28.3 Å². The summed E-state index contributed by atoms with van der Waals surface area (Å²) in [6.07, 6.45) is 5.60. The minimum atomic E-state index is -0.0328. The number of H-pyrrole nitrogens is 2. The number of nitrogens with one attached hydrogen (secondary N) is 4. The third kappa shape index (κ3) is 4.38. The van der Waals surface area contributed by atoms with Crippen LogP contribution < -0.4 is 10.6 Å². The Balaban J connectivity index is 1.55.